The third kappa shape index (κ3) is 3.62. The summed E-state index contributed by atoms with van der Waals surface area (Å²) in [5.74, 6) is 0. The molecule has 0 aliphatic rings. The molecule has 130 valence electrons. The first kappa shape index (κ1) is 18.1. The summed E-state index contributed by atoms with van der Waals surface area (Å²) in [7, 11) is 0. The molecule has 0 spiro atoms. The third-order valence-corrected chi connectivity index (χ3v) is 2.98. The number of halogens is 9. The smallest absolute Gasteiger partial charge is 0.243 e. The summed E-state index contributed by atoms with van der Waals surface area (Å²) in [6.45, 7) is 0. The van der Waals surface area contributed by atoms with Gasteiger partial charge in [-0.1, -0.05) is 18.2 Å². The van der Waals surface area contributed by atoms with Crippen molar-refractivity contribution in [2.45, 2.75) is 18.5 Å². The Kier molecular flexibility index (Phi) is 4.28. The lowest BCUT2D eigenvalue weighted by Crippen LogP contribution is -2.19. The minimum Gasteiger partial charge on any atom is -0.243 e. The molecule has 0 saturated carbocycles. The van der Waals surface area contributed by atoms with Crippen LogP contribution in [0.4, 0.5) is 39.5 Å². The highest BCUT2D eigenvalue weighted by Gasteiger charge is 2.45. The van der Waals surface area contributed by atoms with Gasteiger partial charge in [-0.2, -0.15) is 39.5 Å². The average molecular weight is 359 g/mol. The molecule has 0 atom stereocenters. The van der Waals surface area contributed by atoms with Gasteiger partial charge in [0.05, 0.1) is 16.8 Å². The normalized spacial score (nSPS) is 13.2. The van der Waals surface area contributed by atoms with Gasteiger partial charge in [0.15, 0.2) is 5.69 Å². The molecule has 0 fully saturated rings. The summed E-state index contributed by atoms with van der Waals surface area (Å²) in [5.41, 5.74) is -7.26. The van der Waals surface area contributed by atoms with Crippen molar-refractivity contribution in [1.29, 1.82) is 0 Å². The fraction of sp³-hybridized carbons (Fsp3) is 0.214. The van der Waals surface area contributed by atoms with Crippen LogP contribution in [0, 0.1) is 0 Å². The molecule has 0 radical (unpaired) electrons. The fourth-order valence-electron chi connectivity index (χ4n) is 2.01. The van der Waals surface area contributed by atoms with E-state index in [0.29, 0.717) is 12.1 Å². The summed E-state index contributed by atoms with van der Waals surface area (Å²) < 4.78 is 115. The zero-order valence-corrected chi connectivity index (χ0v) is 11.3. The molecule has 24 heavy (non-hydrogen) atoms. The first-order valence-electron chi connectivity index (χ1n) is 6.14. The van der Waals surface area contributed by atoms with Crippen LogP contribution in [0.1, 0.15) is 16.8 Å². The Labute approximate surface area is 128 Å². The summed E-state index contributed by atoms with van der Waals surface area (Å²) in [5, 5.41) is 0. The monoisotopic (exact) mass is 359 g/mol. The van der Waals surface area contributed by atoms with Gasteiger partial charge < -0.3 is 0 Å². The second kappa shape index (κ2) is 5.67. The lowest BCUT2D eigenvalue weighted by atomic mass is 10.0. The predicted octanol–water partition coefficient (Wildman–Crippen LogP) is 5.81. The van der Waals surface area contributed by atoms with E-state index in [9.17, 15) is 39.5 Å². The number of benzene rings is 1. The maximum Gasteiger partial charge on any atom is 0.433 e. The number of pyridine rings is 1. The van der Waals surface area contributed by atoms with Crippen molar-refractivity contribution >= 4 is 0 Å². The van der Waals surface area contributed by atoms with Crippen molar-refractivity contribution in [2.75, 3.05) is 0 Å². The quantitative estimate of drug-likeness (QED) is 0.586. The van der Waals surface area contributed by atoms with E-state index in [1.165, 1.54) is 0 Å². The van der Waals surface area contributed by atoms with Crippen molar-refractivity contribution in [3.63, 3.8) is 0 Å². The van der Waals surface area contributed by atoms with Crippen LogP contribution in [-0.2, 0) is 18.5 Å². The molecular weight excluding hydrogens is 353 g/mol. The van der Waals surface area contributed by atoms with E-state index in [1.54, 1.807) is 0 Å². The number of hydrogen-bond acceptors (Lipinski definition) is 1. The summed E-state index contributed by atoms with van der Waals surface area (Å²) in [6, 6.07) is 4.08. The van der Waals surface area contributed by atoms with Crippen LogP contribution in [0.15, 0.2) is 36.4 Å². The summed E-state index contributed by atoms with van der Waals surface area (Å²) in [6.07, 6.45) is -15.7. The van der Waals surface area contributed by atoms with E-state index in [4.69, 9.17) is 0 Å². The molecular formula is C14H6F9N. The SMILES string of the molecule is FC(F)(F)c1ccccc1-c1ccc(C(F)(F)F)c(C(F)(F)F)n1. The Morgan fingerprint density at radius 3 is 1.62 bits per heavy atom. The summed E-state index contributed by atoms with van der Waals surface area (Å²) >= 11 is 0. The Morgan fingerprint density at radius 2 is 1.12 bits per heavy atom. The van der Waals surface area contributed by atoms with Crippen LogP contribution >= 0.6 is 0 Å². The molecule has 1 aromatic heterocycles. The molecule has 1 aromatic carbocycles. The molecule has 0 aliphatic heterocycles. The van der Waals surface area contributed by atoms with Gasteiger partial charge in [-0.25, -0.2) is 4.98 Å². The van der Waals surface area contributed by atoms with Crippen LogP contribution in [0.2, 0.25) is 0 Å². The number of hydrogen-bond donors (Lipinski definition) is 0. The van der Waals surface area contributed by atoms with Gasteiger partial charge in [0.2, 0.25) is 0 Å². The molecule has 0 N–H and O–H groups in total. The average Bonchev–Trinajstić information content (AvgIpc) is 2.44. The molecule has 2 rings (SSSR count). The number of nitrogens with zero attached hydrogens (tertiary/aromatic N) is 1. The van der Waals surface area contributed by atoms with E-state index in [0.717, 1.165) is 18.2 Å². The molecule has 1 heterocycles. The highest BCUT2D eigenvalue weighted by atomic mass is 19.4. The highest BCUT2D eigenvalue weighted by molar-refractivity contribution is 5.65. The second-order valence-corrected chi connectivity index (χ2v) is 4.63. The van der Waals surface area contributed by atoms with Gasteiger partial charge in [-0.15, -0.1) is 0 Å². The van der Waals surface area contributed by atoms with E-state index in [2.05, 4.69) is 4.98 Å². The molecule has 0 saturated heterocycles. The van der Waals surface area contributed by atoms with E-state index in [-0.39, 0.29) is 6.07 Å². The van der Waals surface area contributed by atoms with Gasteiger partial charge in [-0.3, -0.25) is 0 Å². The summed E-state index contributed by atoms with van der Waals surface area (Å²) in [4.78, 5) is 2.81. The minimum absolute atomic E-state index is 0.0678. The Balaban J connectivity index is 2.72. The first-order chi connectivity index (χ1) is 10.8. The first-order valence-corrected chi connectivity index (χ1v) is 6.14. The topological polar surface area (TPSA) is 12.9 Å². The number of alkyl halides is 9. The molecule has 10 heteroatoms. The zero-order valence-electron chi connectivity index (χ0n) is 11.3. The van der Waals surface area contributed by atoms with Gasteiger partial charge in [0.25, 0.3) is 0 Å². The highest BCUT2D eigenvalue weighted by Crippen LogP contribution is 2.42. The van der Waals surface area contributed by atoms with E-state index < -0.39 is 46.6 Å². The van der Waals surface area contributed by atoms with Gasteiger partial charge in [-0.05, 0) is 18.2 Å². The largest absolute Gasteiger partial charge is 0.433 e. The number of rotatable bonds is 1. The molecule has 0 aliphatic carbocycles. The third-order valence-electron chi connectivity index (χ3n) is 2.98. The van der Waals surface area contributed by atoms with Crippen LogP contribution in [-0.4, -0.2) is 4.98 Å². The molecule has 1 nitrogen and oxygen atoms in total. The second-order valence-electron chi connectivity index (χ2n) is 4.63. The standard InChI is InChI=1S/C14H6F9N/c15-12(16,17)8-4-2-1-3-7(8)10-6-5-9(13(18,19)20)11(24-10)14(21,22)23/h1-6H. The van der Waals surface area contributed by atoms with Crippen LogP contribution < -0.4 is 0 Å². The lowest BCUT2D eigenvalue weighted by molar-refractivity contribution is -0.164. The maximum atomic E-state index is 12.9. The van der Waals surface area contributed by atoms with Crippen molar-refractivity contribution in [3.8, 4) is 11.3 Å². The van der Waals surface area contributed by atoms with Crippen molar-refractivity contribution in [3.05, 3.63) is 53.2 Å². The lowest BCUT2D eigenvalue weighted by Gasteiger charge is -2.17. The fourth-order valence-corrected chi connectivity index (χ4v) is 2.01. The van der Waals surface area contributed by atoms with Crippen molar-refractivity contribution < 1.29 is 39.5 Å². The minimum atomic E-state index is -5.48. The van der Waals surface area contributed by atoms with E-state index >= 15 is 0 Å². The van der Waals surface area contributed by atoms with Gasteiger partial charge >= 0.3 is 18.5 Å². The zero-order chi connectivity index (χ0) is 18.3. The molecule has 2 aromatic rings. The Bertz CT molecular complexity index is 741. The van der Waals surface area contributed by atoms with Crippen molar-refractivity contribution in [2.24, 2.45) is 0 Å². The van der Waals surface area contributed by atoms with Crippen LogP contribution in [0.5, 0.6) is 0 Å². The van der Waals surface area contributed by atoms with Crippen LogP contribution in [0.25, 0.3) is 11.3 Å². The number of aromatic nitrogens is 1. The Hall–Kier alpha value is -2.26. The van der Waals surface area contributed by atoms with Crippen molar-refractivity contribution in [1.82, 2.24) is 4.98 Å². The molecule has 0 unspecified atom stereocenters. The maximum absolute atomic E-state index is 12.9. The van der Waals surface area contributed by atoms with Gasteiger partial charge in [0, 0.05) is 5.56 Å². The molecule has 0 bridgehead atoms. The van der Waals surface area contributed by atoms with E-state index in [1.807, 2.05) is 0 Å². The van der Waals surface area contributed by atoms with Gasteiger partial charge in [0.1, 0.15) is 0 Å². The predicted molar refractivity (Wildman–Crippen MR) is 64.7 cm³/mol. The van der Waals surface area contributed by atoms with Crippen LogP contribution in [0.3, 0.4) is 0 Å². The Morgan fingerprint density at radius 1 is 0.583 bits per heavy atom. The molecule has 0 amide bonds.